The fourth-order valence-corrected chi connectivity index (χ4v) is 2.94. The summed E-state index contributed by atoms with van der Waals surface area (Å²) < 4.78 is 4.75. The minimum atomic E-state index is -0.419. The van der Waals surface area contributed by atoms with Crippen molar-refractivity contribution in [2.75, 3.05) is 26.0 Å². The smallest absolute Gasteiger partial charge is 0.312 e. The SMILES string of the molecule is COC(=O)C(C)(C)CNCC1CCCS1. The van der Waals surface area contributed by atoms with E-state index in [0.717, 1.165) is 11.8 Å². The van der Waals surface area contributed by atoms with Crippen LogP contribution in [0.4, 0.5) is 0 Å². The molecule has 1 heterocycles. The van der Waals surface area contributed by atoms with Crippen molar-refractivity contribution in [2.24, 2.45) is 5.41 Å². The van der Waals surface area contributed by atoms with Gasteiger partial charge in [-0.2, -0.15) is 11.8 Å². The number of carbonyl (C=O) groups is 1. The van der Waals surface area contributed by atoms with Crippen molar-refractivity contribution in [1.29, 1.82) is 0 Å². The molecule has 15 heavy (non-hydrogen) atoms. The quantitative estimate of drug-likeness (QED) is 0.731. The lowest BCUT2D eigenvalue weighted by Gasteiger charge is -2.22. The standard InChI is InChI=1S/C11H21NO2S/c1-11(2,10(13)14-3)8-12-7-9-5-4-6-15-9/h9,12H,4-8H2,1-3H3. The van der Waals surface area contributed by atoms with E-state index in [1.54, 1.807) is 0 Å². The lowest BCUT2D eigenvalue weighted by Crippen LogP contribution is -2.39. The molecular weight excluding hydrogens is 210 g/mol. The van der Waals surface area contributed by atoms with Gasteiger partial charge in [-0.15, -0.1) is 0 Å². The van der Waals surface area contributed by atoms with E-state index in [-0.39, 0.29) is 5.97 Å². The Kier molecular flexibility index (Phi) is 4.93. The highest BCUT2D eigenvalue weighted by atomic mass is 32.2. The molecule has 1 fully saturated rings. The Balaban J connectivity index is 2.20. The summed E-state index contributed by atoms with van der Waals surface area (Å²) in [6.07, 6.45) is 2.63. The van der Waals surface area contributed by atoms with Gasteiger partial charge in [0.1, 0.15) is 0 Å². The van der Waals surface area contributed by atoms with Gasteiger partial charge in [-0.1, -0.05) is 0 Å². The van der Waals surface area contributed by atoms with Crippen molar-refractivity contribution in [3.05, 3.63) is 0 Å². The zero-order valence-corrected chi connectivity index (χ0v) is 10.7. The van der Waals surface area contributed by atoms with E-state index < -0.39 is 5.41 Å². The highest BCUT2D eigenvalue weighted by Gasteiger charge is 2.28. The molecule has 0 radical (unpaired) electrons. The number of nitrogens with one attached hydrogen (secondary N) is 1. The van der Waals surface area contributed by atoms with Crippen molar-refractivity contribution in [2.45, 2.75) is 31.9 Å². The van der Waals surface area contributed by atoms with Crippen LogP contribution in [0.1, 0.15) is 26.7 Å². The first-order chi connectivity index (χ1) is 7.06. The molecule has 1 aliphatic rings. The topological polar surface area (TPSA) is 38.3 Å². The summed E-state index contributed by atoms with van der Waals surface area (Å²) in [5.41, 5.74) is -0.419. The summed E-state index contributed by atoms with van der Waals surface area (Å²) in [6, 6.07) is 0. The lowest BCUT2D eigenvalue weighted by molar-refractivity contribution is -0.150. The van der Waals surface area contributed by atoms with Crippen LogP contribution in [0.3, 0.4) is 0 Å². The van der Waals surface area contributed by atoms with Gasteiger partial charge in [0.05, 0.1) is 12.5 Å². The van der Waals surface area contributed by atoms with Crippen molar-refractivity contribution in [1.82, 2.24) is 5.32 Å². The average Bonchev–Trinajstić information content (AvgIpc) is 2.69. The van der Waals surface area contributed by atoms with Gasteiger partial charge in [-0.3, -0.25) is 4.79 Å². The lowest BCUT2D eigenvalue weighted by atomic mass is 9.94. The number of rotatable bonds is 5. The molecule has 1 atom stereocenters. The Labute approximate surface area is 96.3 Å². The van der Waals surface area contributed by atoms with E-state index in [0.29, 0.717) is 6.54 Å². The van der Waals surface area contributed by atoms with Crippen LogP contribution in [0.25, 0.3) is 0 Å². The minimum absolute atomic E-state index is 0.144. The summed E-state index contributed by atoms with van der Waals surface area (Å²) >= 11 is 2.03. The first-order valence-electron chi connectivity index (χ1n) is 5.47. The molecule has 3 nitrogen and oxygen atoms in total. The molecule has 0 aromatic carbocycles. The first kappa shape index (κ1) is 12.8. The molecule has 0 amide bonds. The minimum Gasteiger partial charge on any atom is -0.469 e. The molecule has 0 aromatic rings. The van der Waals surface area contributed by atoms with Crippen molar-refractivity contribution < 1.29 is 9.53 Å². The zero-order chi connectivity index (χ0) is 11.3. The van der Waals surface area contributed by atoms with Crippen LogP contribution in [-0.2, 0) is 9.53 Å². The van der Waals surface area contributed by atoms with Gasteiger partial charge in [0.15, 0.2) is 0 Å². The predicted molar refractivity (Wildman–Crippen MR) is 64.1 cm³/mol. The van der Waals surface area contributed by atoms with Crippen molar-refractivity contribution in [3.8, 4) is 0 Å². The second-order valence-electron chi connectivity index (χ2n) is 4.64. The van der Waals surface area contributed by atoms with Crippen LogP contribution in [0.2, 0.25) is 0 Å². The van der Waals surface area contributed by atoms with Crippen molar-refractivity contribution >= 4 is 17.7 Å². The number of thioether (sulfide) groups is 1. The number of methoxy groups -OCH3 is 1. The number of hydrogen-bond donors (Lipinski definition) is 1. The summed E-state index contributed by atoms with van der Waals surface area (Å²) in [4.78, 5) is 11.4. The molecule has 0 aliphatic carbocycles. The fourth-order valence-electron chi connectivity index (χ4n) is 1.70. The third-order valence-corrected chi connectivity index (χ3v) is 4.10. The van der Waals surface area contributed by atoms with E-state index in [9.17, 15) is 4.79 Å². The van der Waals surface area contributed by atoms with E-state index in [2.05, 4.69) is 5.32 Å². The van der Waals surface area contributed by atoms with E-state index in [1.165, 1.54) is 25.7 Å². The number of carbonyl (C=O) groups excluding carboxylic acids is 1. The van der Waals surface area contributed by atoms with Gasteiger partial charge in [0.2, 0.25) is 0 Å². The van der Waals surface area contributed by atoms with E-state index >= 15 is 0 Å². The monoisotopic (exact) mass is 231 g/mol. The van der Waals surface area contributed by atoms with Crippen LogP contribution >= 0.6 is 11.8 Å². The molecule has 0 spiro atoms. The van der Waals surface area contributed by atoms with Crippen LogP contribution in [0, 0.1) is 5.41 Å². The van der Waals surface area contributed by atoms with Crippen molar-refractivity contribution in [3.63, 3.8) is 0 Å². The van der Waals surface area contributed by atoms with Gasteiger partial charge in [-0.25, -0.2) is 0 Å². The summed E-state index contributed by atoms with van der Waals surface area (Å²) in [7, 11) is 1.44. The maximum atomic E-state index is 11.4. The highest BCUT2D eigenvalue weighted by molar-refractivity contribution is 8.00. The van der Waals surface area contributed by atoms with Gasteiger partial charge >= 0.3 is 5.97 Å². The molecule has 4 heteroatoms. The maximum absolute atomic E-state index is 11.4. The fraction of sp³-hybridized carbons (Fsp3) is 0.909. The summed E-state index contributed by atoms with van der Waals surface area (Å²) in [5.74, 6) is 1.14. The molecule has 1 rings (SSSR count). The maximum Gasteiger partial charge on any atom is 0.312 e. The Bertz CT molecular complexity index is 213. The zero-order valence-electron chi connectivity index (χ0n) is 9.84. The van der Waals surface area contributed by atoms with Crippen LogP contribution in [0.5, 0.6) is 0 Å². The molecule has 1 N–H and O–H groups in total. The van der Waals surface area contributed by atoms with E-state index in [1.807, 2.05) is 25.6 Å². The largest absolute Gasteiger partial charge is 0.469 e. The number of hydrogen-bond acceptors (Lipinski definition) is 4. The Morgan fingerprint density at radius 2 is 2.33 bits per heavy atom. The van der Waals surface area contributed by atoms with E-state index in [4.69, 9.17) is 4.74 Å². The highest BCUT2D eigenvalue weighted by Crippen LogP contribution is 2.25. The number of ether oxygens (including phenoxy) is 1. The van der Waals surface area contributed by atoms with Gasteiger partial charge in [0, 0.05) is 18.3 Å². The summed E-state index contributed by atoms with van der Waals surface area (Å²) in [6.45, 7) is 5.52. The second kappa shape index (κ2) is 5.75. The van der Waals surface area contributed by atoms with Gasteiger partial charge in [0.25, 0.3) is 0 Å². The molecule has 0 bridgehead atoms. The predicted octanol–water partition coefficient (Wildman–Crippen LogP) is 1.67. The van der Waals surface area contributed by atoms with Crippen LogP contribution in [0.15, 0.2) is 0 Å². The normalized spacial score (nSPS) is 21.7. The summed E-state index contributed by atoms with van der Waals surface area (Å²) in [5, 5.41) is 4.10. The Hall–Kier alpha value is -0.220. The molecule has 1 aliphatic heterocycles. The first-order valence-corrected chi connectivity index (χ1v) is 6.52. The molecule has 1 unspecified atom stereocenters. The Morgan fingerprint density at radius 1 is 1.60 bits per heavy atom. The average molecular weight is 231 g/mol. The van der Waals surface area contributed by atoms with Gasteiger partial charge in [-0.05, 0) is 32.4 Å². The number of esters is 1. The third kappa shape index (κ3) is 4.03. The van der Waals surface area contributed by atoms with Gasteiger partial charge < -0.3 is 10.1 Å². The molecule has 0 aromatic heterocycles. The van der Waals surface area contributed by atoms with Crippen LogP contribution in [-0.4, -0.2) is 37.2 Å². The molecular formula is C11H21NO2S. The second-order valence-corrected chi connectivity index (χ2v) is 6.05. The molecule has 0 saturated carbocycles. The molecule has 1 saturated heterocycles. The Morgan fingerprint density at radius 3 is 2.87 bits per heavy atom. The molecule has 88 valence electrons. The third-order valence-electron chi connectivity index (χ3n) is 2.70. The van der Waals surface area contributed by atoms with Crippen LogP contribution < -0.4 is 5.32 Å².